The molecule has 0 aliphatic heterocycles. The van der Waals surface area contributed by atoms with E-state index < -0.39 is 0 Å². The second-order valence-electron chi connectivity index (χ2n) is 4.32. The van der Waals surface area contributed by atoms with Crippen molar-refractivity contribution in [2.75, 3.05) is 0 Å². The molecule has 1 fully saturated rings. The van der Waals surface area contributed by atoms with Crippen molar-refractivity contribution in [2.45, 2.75) is 25.4 Å². The molecule has 1 aliphatic rings. The van der Waals surface area contributed by atoms with Crippen molar-refractivity contribution in [2.24, 2.45) is 0 Å². The van der Waals surface area contributed by atoms with Gasteiger partial charge in [0.25, 0.3) is 0 Å². The summed E-state index contributed by atoms with van der Waals surface area (Å²) < 4.78 is 7.00. The first-order valence-corrected chi connectivity index (χ1v) is 6.46. The maximum absolute atomic E-state index is 5.88. The maximum atomic E-state index is 5.88. The van der Waals surface area contributed by atoms with E-state index in [0.717, 1.165) is 10.2 Å². The number of ether oxygens (including phenoxy) is 1. The molecule has 1 saturated carbocycles. The number of hydrogen-bond acceptors (Lipinski definition) is 1. The molecule has 82 valence electrons. The summed E-state index contributed by atoms with van der Waals surface area (Å²) in [7, 11) is 0. The highest BCUT2D eigenvalue weighted by Gasteiger charge is 2.18. The molecule has 2 heteroatoms. The smallest absolute Gasteiger partial charge is 0.120 e. The van der Waals surface area contributed by atoms with Gasteiger partial charge < -0.3 is 4.74 Å². The molecule has 0 bridgehead atoms. The minimum absolute atomic E-state index is 0.452. The lowest BCUT2D eigenvalue weighted by Crippen LogP contribution is -2.24. The number of halogens is 1. The molecule has 3 rings (SSSR count). The van der Waals surface area contributed by atoms with Gasteiger partial charge in [-0.05, 0) is 54.3 Å². The van der Waals surface area contributed by atoms with Gasteiger partial charge in [0, 0.05) is 4.47 Å². The van der Waals surface area contributed by atoms with Gasteiger partial charge in [-0.1, -0.05) is 28.1 Å². The Hall–Kier alpha value is -1.02. The fourth-order valence-electron chi connectivity index (χ4n) is 1.95. The standard InChI is InChI=1S/C14H13BrO/c15-12-6-4-11-9-14(7-5-10(11)8-12)16-13-2-1-3-13/h4-9,13H,1-3H2. The molecule has 2 aromatic carbocycles. The minimum atomic E-state index is 0.452. The summed E-state index contributed by atoms with van der Waals surface area (Å²) in [4.78, 5) is 0. The molecule has 1 aliphatic carbocycles. The molecule has 0 amide bonds. The topological polar surface area (TPSA) is 9.23 Å². The van der Waals surface area contributed by atoms with Crippen LogP contribution in [0.25, 0.3) is 10.8 Å². The molecular weight excluding hydrogens is 264 g/mol. The predicted molar refractivity (Wildman–Crippen MR) is 69.9 cm³/mol. The van der Waals surface area contributed by atoms with E-state index in [1.165, 1.54) is 30.0 Å². The fraction of sp³-hybridized carbons (Fsp3) is 0.286. The van der Waals surface area contributed by atoms with Crippen molar-refractivity contribution >= 4 is 26.7 Å². The third-order valence-electron chi connectivity index (χ3n) is 3.13. The van der Waals surface area contributed by atoms with Crippen molar-refractivity contribution in [1.29, 1.82) is 0 Å². The van der Waals surface area contributed by atoms with Gasteiger partial charge in [0.05, 0.1) is 6.10 Å². The van der Waals surface area contributed by atoms with E-state index in [2.05, 4.69) is 52.3 Å². The van der Waals surface area contributed by atoms with E-state index in [4.69, 9.17) is 4.74 Å². The highest BCUT2D eigenvalue weighted by molar-refractivity contribution is 9.10. The van der Waals surface area contributed by atoms with Gasteiger partial charge in [-0.25, -0.2) is 0 Å². The normalized spacial score (nSPS) is 16.1. The van der Waals surface area contributed by atoms with Crippen LogP contribution in [-0.4, -0.2) is 6.10 Å². The molecule has 0 heterocycles. The zero-order valence-corrected chi connectivity index (χ0v) is 10.5. The van der Waals surface area contributed by atoms with E-state index in [1.807, 2.05) is 0 Å². The first kappa shape index (κ1) is 10.2. The molecule has 0 spiro atoms. The van der Waals surface area contributed by atoms with Gasteiger partial charge in [0.2, 0.25) is 0 Å². The predicted octanol–water partition coefficient (Wildman–Crippen LogP) is 4.53. The molecule has 0 saturated heterocycles. The molecule has 0 radical (unpaired) electrons. The Labute approximate surface area is 104 Å². The number of benzene rings is 2. The highest BCUT2D eigenvalue weighted by atomic mass is 79.9. The van der Waals surface area contributed by atoms with Crippen LogP contribution < -0.4 is 4.74 Å². The second kappa shape index (κ2) is 4.10. The second-order valence-corrected chi connectivity index (χ2v) is 5.24. The zero-order chi connectivity index (χ0) is 11.0. The lowest BCUT2D eigenvalue weighted by molar-refractivity contribution is 0.120. The molecular formula is C14H13BrO. The molecule has 2 aromatic rings. The maximum Gasteiger partial charge on any atom is 0.120 e. The summed E-state index contributed by atoms with van der Waals surface area (Å²) in [6.45, 7) is 0. The van der Waals surface area contributed by atoms with Gasteiger partial charge in [0.1, 0.15) is 5.75 Å². The summed E-state index contributed by atoms with van der Waals surface area (Å²) in [6.07, 6.45) is 4.18. The molecule has 16 heavy (non-hydrogen) atoms. The monoisotopic (exact) mass is 276 g/mol. The van der Waals surface area contributed by atoms with Gasteiger partial charge in [-0.2, -0.15) is 0 Å². The Morgan fingerprint density at radius 2 is 1.75 bits per heavy atom. The average Bonchev–Trinajstić information content (AvgIpc) is 2.23. The van der Waals surface area contributed by atoms with Crippen molar-refractivity contribution < 1.29 is 4.74 Å². The van der Waals surface area contributed by atoms with Crippen molar-refractivity contribution in [3.63, 3.8) is 0 Å². The molecule has 0 aromatic heterocycles. The number of hydrogen-bond donors (Lipinski definition) is 0. The Morgan fingerprint density at radius 1 is 1.00 bits per heavy atom. The Morgan fingerprint density at radius 3 is 2.50 bits per heavy atom. The SMILES string of the molecule is Brc1ccc2cc(OC3CCC3)ccc2c1. The Balaban J connectivity index is 1.92. The molecule has 0 unspecified atom stereocenters. The average molecular weight is 277 g/mol. The van der Waals surface area contributed by atoms with E-state index in [9.17, 15) is 0 Å². The van der Waals surface area contributed by atoms with Crippen LogP contribution >= 0.6 is 15.9 Å². The lowest BCUT2D eigenvalue weighted by atomic mass is 9.96. The van der Waals surface area contributed by atoms with E-state index in [1.54, 1.807) is 0 Å². The van der Waals surface area contributed by atoms with Crippen molar-refractivity contribution in [3.8, 4) is 5.75 Å². The van der Waals surface area contributed by atoms with Gasteiger partial charge in [0.15, 0.2) is 0 Å². The molecule has 0 N–H and O–H groups in total. The van der Waals surface area contributed by atoms with Gasteiger partial charge >= 0.3 is 0 Å². The number of rotatable bonds is 2. The van der Waals surface area contributed by atoms with E-state index in [-0.39, 0.29) is 0 Å². The van der Waals surface area contributed by atoms with Gasteiger partial charge in [-0.15, -0.1) is 0 Å². The quantitative estimate of drug-likeness (QED) is 0.783. The number of fused-ring (bicyclic) bond motifs is 1. The third-order valence-corrected chi connectivity index (χ3v) is 3.62. The fourth-order valence-corrected chi connectivity index (χ4v) is 2.33. The minimum Gasteiger partial charge on any atom is -0.490 e. The lowest BCUT2D eigenvalue weighted by Gasteiger charge is -2.26. The van der Waals surface area contributed by atoms with Crippen molar-refractivity contribution in [1.82, 2.24) is 0 Å². The first-order valence-electron chi connectivity index (χ1n) is 5.67. The van der Waals surface area contributed by atoms with Crippen LogP contribution in [0.3, 0.4) is 0 Å². The summed E-state index contributed by atoms with van der Waals surface area (Å²) in [6, 6.07) is 12.6. The largest absolute Gasteiger partial charge is 0.490 e. The van der Waals surface area contributed by atoms with Crippen LogP contribution in [0, 0.1) is 0 Å². The first-order chi connectivity index (χ1) is 7.81. The summed E-state index contributed by atoms with van der Waals surface area (Å²) in [5.74, 6) is 1.000. The summed E-state index contributed by atoms with van der Waals surface area (Å²) >= 11 is 3.48. The van der Waals surface area contributed by atoms with Crippen LogP contribution in [0.2, 0.25) is 0 Å². The van der Waals surface area contributed by atoms with Crippen molar-refractivity contribution in [3.05, 3.63) is 40.9 Å². The highest BCUT2D eigenvalue weighted by Crippen LogP contribution is 2.28. The zero-order valence-electron chi connectivity index (χ0n) is 8.95. The van der Waals surface area contributed by atoms with Gasteiger partial charge in [-0.3, -0.25) is 0 Å². The van der Waals surface area contributed by atoms with Crippen LogP contribution in [0.5, 0.6) is 5.75 Å². The summed E-state index contributed by atoms with van der Waals surface area (Å²) in [5, 5.41) is 2.48. The Bertz CT molecular complexity index is 517. The van der Waals surface area contributed by atoms with Crippen LogP contribution in [-0.2, 0) is 0 Å². The van der Waals surface area contributed by atoms with Crippen LogP contribution in [0.4, 0.5) is 0 Å². The van der Waals surface area contributed by atoms with Crippen LogP contribution in [0.1, 0.15) is 19.3 Å². The van der Waals surface area contributed by atoms with Crippen LogP contribution in [0.15, 0.2) is 40.9 Å². The summed E-state index contributed by atoms with van der Waals surface area (Å²) in [5.41, 5.74) is 0. The van der Waals surface area contributed by atoms with E-state index in [0.29, 0.717) is 6.10 Å². The van der Waals surface area contributed by atoms with E-state index >= 15 is 0 Å². The molecule has 0 atom stereocenters. The third kappa shape index (κ3) is 1.94. The molecule has 1 nitrogen and oxygen atoms in total. The Kier molecular flexibility index (Phi) is 2.60.